The van der Waals surface area contributed by atoms with Crippen molar-refractivity contribution in [1.82, 2.24) is 10.2 Å². The van der Waals surface area contributed by atoms with Gasteiger partial charge in [0.2, 0.25) is 11.8 Å². The molecule has 2 heterocycles. The number of benzene rings is 1. The second-order valence-electron chi connectivity index (χ2n) is 8.41. The molecule has 2 fully saturated rings. The Kier molecular flexibility index (Phi) is 7.28. The minimum atomic E-state index is -4.64. The molecule has 33 heavy (non-hydrogen) atoms. The number of aliphatic carboxylic acids is 1. The zero-order valence-corrected chi connectivity index (χ0v) is 18.1. The van der Waals surface area contributed by atoms with Crippen LogP contribution in [0, 0.1) is 11.8 Å². The fraction of sp³-hybridized carbons (Fsp3) is 0.522. The van der Waals surface area contributed by atoms with E-state index in [2.05, 4.69) is 12.2 Å². The van der Waals surface area contributed by atoms with E-state index in [4.69, 9.17) is 0 Å². The first kappa shape index (κ1) is 24.9. The number of aliphatic hydroxyl groups is 1. The molecular formula is C23H27F3N2O5. The van der Waals surface area contributed by atoms with Crippen LogP contribution in [-0.4, -0.2) is 51.6 Å². The van der Waals surface area contributed by atoms with Gasteiger partial charge in [0.15, 0.2) is 5.54 Å². The lowest BCUT2D eigenvalue weighted by Gasteiger charge is -2.29. The molecule has 1 aromatic rings. The molecule has 2 saturated heterocycles. The lowest BCUT2D eigenvalue weighted by atomic mass is 9.79. The summed E-state index contributed by atoms with van der Waals surface area (Å²) in [5.74, 6) is -5.62. The summed E-state index contributed by atoms with van der Waals surface area (Å²) in [5.41, 5.74) is -3.11. The topological polar surface area (TPSA) is 107 Å². The van der Waals surface area contributed by atoms with Crippen LogP contribution in [0.4, 0.5) is 13.2 Å². The Morgan fingerprint density at radius 2 is 1.91 bits per heavy atom. The highest BCUT2D eigenvalue weighted by Gasteiger charge is 2.68. The van der Waals surface area contributed by atoms with Gasteiger partial charge in [0.25, 0.3) is 0 Å². The first-order valence-corrected chi connectivity index (χ1v) is 10.9. The van der Waals surface area contributed by atoms with Crippen LogP contribution in [0.1, 0.15) is 49.8 Å². The van der Waals surface area contributed by atoms with Crippen molar-refractivity contribution in [1.29, 1.82) is 0 Å². The van der Waals surface area contributed by atoms with E-state index in [1.54, 1.807) is 0 Å². The third-order valence-electron chi connectivity index (χ3n) is 6.36. The molecule has 0 aliphatic carbocycles. The normalized spacial score (nSPS) is 27.5. The van der Waals surface area contributed by atoms with Gasteiger partial charge in [-0.1, -0.05) is 44.1 Å². The monoisotopic (exact) mass is 468 g/mol. The Balaban J connectivity index is 1.94. The lowest BCUT2D eigenvalue weighted by molar-refractivity contribution is -0.153. The summed E-state index contributed by atoms with van der Waals surface area (Å²) in [5, 5.41) is 22.4. The molecule has 180 valence electrons. The number of allylic oxidation sites excluding steroid dienone is 1. The third kappa shape index (κ3) is 4.54. The summed E-state index contributed by atoms with van der Waals surface area (Å²) in [6.07, 6.45) is 2.41. The van der Waals surface area contributed by atoms with Gasteiger partial charge < -0.3 is 10.2 Å². The van der Waals surface area contributed by atoms with Crippen molar-refractivity contribution in [3.63, 3.8) is 0 Å². The maximum Gasteiger partial charge on any atom is 0.416 e. The molecule has 2 amide bonds. The molecule has 0 aromatic heterocycles. The number of halogens is 3. The molecule has 3 rings (SSSR count). The second-order valence-corrected chi connectivity index (χ2v) is 8.41. The average molecular weight is 468 g/mol. The molecule has 10 heteroatoms. The van der Waals surface area contributed by atoms with Crippen LogP contribution in [-0.2, 0) is 20.6 Å². The van der Waals surface area contributed by atoms with Gasteiger partial charge >= 0.3 is 12.1 Å². The van der Waals surface area contributed by atoms with Gasteiger partial charge in [-0.05, 0) is 30.5 Å². The molecule has 1 aromatic carbocycles. The highest BCUT2D eigenvalue weighted by atomic mass is 19.4. The molecule has 0 bridgehead atoms. The number of nitrogens with one attached hydrogen (secondary N) is 1. The van der Waals surface area contributed by atoms with Crippen LogP contribution in [0.2, 0.25) is 0 Å². The summed E-state index contributed by atoms with van der Waals surface area (Å²) in [4.78, 5) is 39.4. The highest BCUT2D eigenvalue weighted by Crippen LogP contribution is 2.49. The third-order valence-corrected chi connectivity index (χ3v) is 6.36. The standard InChI is InChI=1S/C23H27F3N2O5/c1-2-3-4-5-6-7-11-28-19(30)16-17(20(28)31)22(13-29,21(32)33)27-18(16)14-9-8-10-15(12-14)23(24,25)26/h5-6,8-10,12,16-18,27,29H,2-4,7,11,13H2,1H3,(H,32,33)/b6-5+. The minimum absolute atomic E-state index is 0.0267. The van der Waals surface area contributed by atoms with E-state index in [0.29, 0.717) is 6.42 Å². The number of hydrogen-bond donors (Lipinski definition) is 3. The Bertz CT molecular complexity index is 948. The van der Waals surface area contributed by atoms with Crippen LogP contribution in [0.15, 0.2) is 36.4 Å². The van der Waals surface area contributed by atoms with Gasteiger partial charge in [0.1, 0.15) is 0 Å². The van der Waals surface area contributed by atoms with Crippen LogP contribution >= 0.6 is 0 Å². The number of carbonyl (C=O) groups is 3. The molecule has 4 unspecified atom stereocenters. The van der Waals surface area contributed by atoms with E-state index in [1.165, 1.54) is 6.07 Å². The first-order valence-electron chi connectivity index (χ1n) is 10.9. The molecule has 2 aliphatic rings. The van der Waals surface area contributed by atoms with Crippen LogP contribution < -0.4 is 5.32 Å². The predicted molar refractivity (Wildman–Crippen MR) is 112 cm³/mol. The number of carboxylic acids is 1. The summed E-state index contributed by atoms with van der Waals surface area (Å²) < 4.78 is 39.7. The molecule has 0 radical (unpaired) electrons. The fourth-order valence-electron chi connectivity index (χ4n) is 4.65. The number of aliphatic hydroxyl groups excluding tert-OH is 1. The van der Waals surface area contributed by atoms with Gasteiger partial charge in [0.05, 0.1) is 24.0 Å². The maximum absolute atomic E-state index is 13.2. The molecule has 0 spiro atoms. The van der Waals surface area contributed by atoms with Crippen molar-refractivity contribution in [2.45, 2.75) is 50.4 Å². The van der Waals surface area contributed by atoms with E-state index in [-0.39, 0.29) is 12.1 Å². The summed E-state index contributed by atoms with van der Waals surface area (Å²) in [6, 6.07) is 3.03. The summed E-state index contributed by atoms with van der Waals surface area (Å²) >= 11 is 0. The van der Waals surface area contributed by atoms with Gasteiger partial charge in [-0.2, -0.15) is 13.2 Å². The van der Waals surface area contributed by atoms with Crippen LogP contribution in [0.3, 0.4) is 0 Å². The number of imide groups is 1. The molecule has 3 N–H and O–H groups in total. The summed E-state index contributed by atoms with van der Waals surface area (Å²) in [7, 11) is 0. The number of nitrogens with zero attached hydrogens (tertiary/aromatic N) is 1. The van der Waals surface area contributed by atoms with Gasteiger partial charge in [0, 0.05) is 12.6 Å². The number of hydrogen-bond acceptors (Lipinski definition) is 5. The molecular weight excluding hydrogens is 441 g/mol. The largest absolute Gasteiger partial charge is 0.480 e. The molecule has 7 nitrogen and oxygen atoms in total. The minimum Gasteiger partial charge on any atom is -0.480 e. The second kappa shape index (κ2) is 9.64. The Morgan fingerprint density at radius 1 is 1.21 bits per heavy atom. The number of fused-ring (bicyclic) bond motifs is 1. The van der Waals surface area contributed by atoms with Crippen LogP contribution in [0.25, 0.3) is 0 Å². The zero-order chi connectivity index (χ0) is 24.4. The number of carbonyl (C=O) groups excluding carboxylic acids is 2. The van der Waals surface area contributed by atoms with E-state index in [1.807, 2.05) is 12.2 Å². The Hall–Kier alpha value is -2.72. The highest BCUT2D eigenvalue weighted by molar-refractivity contribution is 6.09. The van der Waals surface area contributed by atoms with Crippen LogP contribution in [0.5, 0.6) is 0 Å². The van der Waals surface area contributed by atoms with E-state index < -0.39 is 59.5 Å². The van der Waals surface area contributed by atoms with Crippen molar-refractivity contribution in [2.24, 2.45) is 11.8 Å². The van der Waals surface area contributed by atoms with Crippen molar-refractivity contribution < 1.29 is 37.8 Å². The van der Waals surface area contributed by atoms with Gasteiger partial charge in [-0.25, -0.2) is 0 Å². The van der Waals surface area contributed by atoms with Crippen molar-refractivity contribution >= 4 is 17.8 Å². The van der Waals surface area contributed by atoms with E-state index >= 15 is 0 Å². The number of unbranched alkanes of at least 4 members (excludes halogenated alkanes) is 2. The number of rotatable bonds is 9. The number of likely N-dealkylation sites (tertiary alicyclic amines) is 1. The maximum atomic E-state index is 13.2. The Labute approximate surface area is 189 Å². The Morgan fingerprint density at radius 3 is 2.52 bits per heavy atom. The van der Waals surface area contributed by atoms with Gasteiger partial charge in [-0.15, -0.1) is 0 Å². The van der Waals surface area contributed by atoms with E-state index in [0.717, 1.165) is 42.4 Å². The number of carboxylic acid groups (broad SMARTS) is 1. The fourth-order valence-corrected chi connectivity index (χ4v) is 4.65. The smallest absolute Gasteiger partial charge is 0.416 e. The quantitative estimate of drug-likeness (QED) is 0.292. The van der Waals surface area contributed by atoms with Crippen molar-refractivity contribution in [3.8, 4) is 0 Å². The molecule has 2 aliphatic heterocycles. The van der Waals surface area contributed by atoms with Crippen molar-refractivity contribution in [2.75, 3.05) is 13.2 Å². The SMILES string of the molecule is CCCC/C=C/CCN1C(=O)C2C(c3cccc(C(F)(F)F)c3)NC(CO)(C(=O)O)C2C1=O. The molecule has 0 saturated carbocycles. The zero-order valence-electron chi connectivity index (χ0n) is 18.1. The predicted octanol–water partition coefficient (Wildman–Crippen LogP) is 2.90. The summed E-state index contributed by atoms with van der Waals surface area (Å²) in [6.45, 7) is 1.09. The average Bonchev–Trinajstić information content (AvgIpc) is 3.25. The van der Waals surface area contributed by atoms with E-state index in [9.17, 15) is 37.8 Å². The lowest BCUT2D eigenvalue weighted by Crippen LogP contribution is -2.58. The van der Waals surface area contributed by atoms with Crippen molar-refractivity contribution in [3.05, 3.63) is 47.5 Å². The van der Waals surface area contributed by atoms with Gasteiger partial charge in [-0.3, -0.25) is 24.6 Å². The molecule has 4 atom stereocenters. The number of alkyl halides is 3. The first-order chi connectivity index (χ1) is 15.6. The number of amides is 2.